The van der Waals surface area contributed by atoms with Crippen LogP contribution in [0.25, 0.3) is 10.9 Å². The lowest BCUT2D eigenvalue weighted by Gasteiger charge is -2.10. The van der Waals surface area contributed by atoms with Gasteiger partial charge in [0.25, 0.3) is 0 Å². The molecule has 0 radical (unpaired) electrons. The predicted molar refractivity (Wildman–Crippen MR) is 95.1 cm³/mol. The van der Waals surface area contributed by atoms with Crippen LogP contribution < -0.4 is 4.74 Å². The van der Waals surface area contributed by atoms with Gasteiger partial charge >= 0.3 is 5.97 Å². The highest BCUT2D eigenvalue weighted by atomic mass is 35.5. The zero-order valence-corrected chi connectivity index (χ0v) is 14.6. The molecule has 0 spiro atoms. The lowest BCUT2D eigenvalue weighted by molar-refractivity contribution is -0.136. The molecule has 0 saturated carbocycles. The van der Waals surface area contributed by atoms with E-state index in [9.17, 15) is 14.3 Å². The van der Waals surface area contributed by atoms with Gasteiger partial charge in [-0.15, -0.1) is 0 Å². The van der Waals surface area contributed by atoms with Gasteiger partial charge in [-0.05, 0) is 36.2 Å². The number of ether oxygens (including phenoxy) is 1. The highest BCUT2D eigenvalue weighted by Crippen LogP contribution is 2.32. The summed E-state index contributed by atoms with van der Waals surface area (Å²) in [7, 11) is 1.39. The second-order valence-corrected chi connectivity index (χ2v) is 6.29. The first-order valence-electron chi connectivity index (χ1n) is 7.72. The highest BCUT2D eigenvalue weighted by molar-refractivity contribution is 6.30. The van der Waals surface area contributed by atoms with E-state index in [1.165, 1.54) is 13.2 Å². The molecule has 2 aromatic carbocycles. The van der Waals surface area contributed by atoms with Gasteiger partial charge in [0.15, 0.2) is 11.6 Å². The molecule has 1 N–H and O–H groups in total. The Hall–Kier alpha value is -2.53. The van der Waals surface area contributed by atoms with E-state index >= 15 is 0 Å². The van der Waals surface area contributed by atoms with Gasteiger partial charge in [0, 0.05) is 28.7 Å². The molecule has 0 bridgehead atoms. The number of aliphatic carboxylic acids is 1. The summed E-state index contributed by atoms with van der Waals surface area (Å²) < 4.78 is 21.2. The third-order valence-electron chi connectivity index (χ3n) is 4.31. The average molecular weight is 362 g/mol. The fourth-order valence-electron chi connectivity index (χ4n) is 3.05. The Labute approximate surface area is 149 Å². The van der Waals surface area contributed by atoms with Crippen LogP contribution in [0.4, 0.5) is 4.39 Å². The summed E-state index contributed by atoms with van der Waals surface area (Å²) in [6, 6.07) is 10.3. The van der Waals surface area contributed by atoms with Crippen molar-refractivity contribution in [1.29, 1.82) is 0 Å². The molecule has 3 rings (SSSR count). The van der Waals surface area contributed by atoms with Gasteiger partial charge in [0.1, 0.15) is 0 Å². The molecule has 0 aliphatic carbocycles. The van der Waals surface area contributed by atoms with Crippen molar-refractivity contribution in [3.63, 3.8) is 0 Å². The minimum atomic E-state index is -0.933. The summed E-state index contributed by atoms with van der Waals surface area (Å²) in [4.78, 5) is 11.3. The van der Waals surface area contributed by atoms with Crippen molar-refractivity contribution in [2.75, 3.05) is 7.11 Å². The van der Waals surface area contributed by atoms with Crippen molar-refractivity contribution in [3.8, 4) is 5.75 Å². The zero-order valence-electron chi connectivity index (χ0n) is 13.8. The quantitative estimate of drug-likeness (QED) is 0.731. The van der Waals surface area contributed by atoms with Gasteiger partial charge in [-0.3, -0.25) is 4.79 Å². The molecule has 0 aliphatic rings. The summed E-state index contributed by atoms with van der Waals surface area (Å²) in [5, 5.41) is 10.6. The monoisotopic (exact) mass is 361 g/mol. The first kappa shape index (κ1) is 17.3. The van der Waals surface area contributed by atoms with Crippen LogP contribution in [0.1, 0.15) is 16.8 Å². The number of carbonyl (C=O) groups is 1. The maximum atomic E-state index is 14.2. The number of aromatic nitrogens is 1. The van der Waals surface area contributed by atoms with Gasteiger partial charge in [-0.25, -0.2) is 4.39 Å². The van der Waals surface area contributed by atoms with E-state index in [0.717, 1.165) is 11.3 Å². The summed E-state index contributed by atoms with van der Waals surface area (Å²) in [6.07, 6.45) is -0.134. The lowest BCUT2D eigenvalue weighted by atomic mass is 10.1. The molecule has 1 heterocycles. The Balaban J connectivity index is 2.19. The smallest absolute Gasteiger partial charge is 0.307 e. The Bertz CT molecular complexity index is 948. The summed E-state index contributed by atoms with van der Waals surface area (Å²) in [5.74, 6) is -1.31. The van der Waals surface area contributed by atoms with E-state index in [1.54, 1.807) is 18.2 Å². The third kappa shape index (κ3) is 3.33. The van der Waals surface area contributed by atoms with Crippen LogP contribution in [0.5, 0.6) is 5.75 Å². The van der Waals surface area contributed by atoms with Crippen molar-refractivity contribution < 1.29 is 19.0 Å². The normalized spacial score (nSPS) is 11.0. The molecule has 1 aromatic heterocycles. The number of nitrogens with zero attached hydrogens (tertiary/aromatic N) is 1. The minimum absolute atomic E-state index is 0.0998. The summed E-state index contributed by atoms with van der Waals surface area (Å²) in [5.41, 5.74) is 3.08. The molecule has 6 heteroatoms. The lowest BCUT2D eigenvalue weighted by Crippen LogP contribution is -2.05. The molecule has 0 saturated heterocycles. The first-order chi connectivity index (χ1) is 11.9. The number of benzene rings is 2. The highest BCUT2D eigenvalue weighted by Gasteiger charge is 2.19. The molecule has 130 valence electrons. The van der Waals surface area contributed by atoms with Gasteiger partial charge < -0.3 is 14.4 Å². The van der Waals surface area contributed by atoms with Crippen molar-refractivity contribution >= 4 is 28.5 Å². The Kier molecular flexibility index (Phi) is 4.68. The van der Waals surface area contributed by atoms with Crippen LogP contribution in [0.2, 0.25) is 5.02 Å². The van der Waals surface area contributed by atoms with Gasteiger partial charge in [-0.1, -0.05) is 23.7 Å². The Morgan fingerprint density at radius 2 is 1.96 bits per heavy atom. The molecule has 3 aromatic rings. The van der Waals surface area contributed by atoms with E-state index < -0.39 is 11.8 Å². The Morgan fingerprint density at radius 3 is 2.56 bits per heavy atom. The molecule has 0 aliphatic heterocycles. The van der Waals surface area contributed by atoms with E-state index in [0.29, 0.717) is 28.0 Å². The second kappa shape index (κ2) is 6.76. The topological polar surface area (TPSA) is 51.5 Å². The fraction of sp³-hybridized carbons (Fsp3) is 0.211. The van der Waals surface area contributed by atoms with Crippen molar-refractivity contribution in [2.24, 2.45) is 0 Å². The first-order valence-corrected chi connectivity index (χ1v) is 8.10. The number of carboxylic acids is 1. The van der Waals surface area contributed by atoms with E-state index in [2.05, 4.69) is 0 Å². The number of methoxy groups -OCH3 is 1. The number of carboxylic acid groups (broad SMARTS) is 1. The average Bonchev–Trinajstić information content (AvgIpc) is 2.80. The summed E-state index contributed by atoms with van der Waals surface area (Å²) >= 11 is 5.92. The molecule has 0 amide bonds. The predicted octanol–water partition coefficient (Wildman–Crippen LogP) is 4.43. The van der Waals surface area contributed by atoms with Crippen molar-refractivity contribution in [3.05, 3.63) is 64.1 Å². The minimum Gasteiger partial charge on any atom is -0.494 e. The van der Waals surface area contributed by atoms with Crippen LogP contribution in [0.3, 0.4) is 0 Å². The molecule has 4 nitrogen and oxygen atoms in total. The van der Waals surface area contributed by atoms with Crippen LogP contribution >= 0.6 is 11.6 Å². The second-order valence-electron chi connectivity index (χ2n) is 5.85. The van der Waals surface area contributed by atoms with Crippen LogP contribution in [-0.4, -0.2) is 22.8 Å². The van der Waals surface area contributed by atoms with Crippen LogP contribution in [0, 0.1) is 12.7 Å². The molecule has 0 fully saturated rings. The maximum absolute atomic E-state index is 14.2. The van der Waals surface area contributed by atoms with E-state index in [-0.39, 0.29) is 12.2 Å². The van der Waals surface area contributed by atoms with Crippen molar-refractivity contribution in [1.82, 2.24) is 4.57 Å². The molecular formula is C19H17ClFNO3. The number of rotatable bonds is 5. The van der Waals surface area contributed by atoms with Gasteiger partial charge in [-0.2, -0.15) is 0 Å². The van der Waals surface area contributed by atoms with E-state index in [1.807, 2.05) is 23.6 Å². The standard InChI is InChI=1S/C19H17ClFNO3/c1-11-14(8-19(23)24)15-7-18(25-2)16(21)9-17(15)22(11)10-12-3-5-13(20)6-4-12/h3-7,9H,8,10H2,1-2H3,(H,23,24). The Morgan fingerprint density at radius 1 is 1.28 bits per heavy atom. The van der Waals surface area contributed by atoms with Crippen LogP contribution in [0.15, 0.2) is 36.4 Å². The number of fused-ring (bicyclic) bond motifs is 1. The molecule has 0 atom stereocenters. The zero-order chi connectivity index (χ0) is 18.1. The summed E-state index contributed by atoms with van der Waals surface area (Å²) in [6.45, 7) is 2.34. The molecule has 25 heavy (non-hydrogen) atoms. The van der Waals surface area contributed by atoms with Gasteiger partial charge in [0.05, 0.1) is 19.0 Å². The van der Waals surface area contributed by atoms with Gasteiger partial charge in [0.2, 0.25) is 0 Å². The third-order valence-corrected chi connectivity index (χ3v) is 4.56. The number of hydrogen-bond donors (Lipinski definition) is 1. The largest absolute Gasteiger partial charge is 0.494 e. The van der Waals surface area contributed by atoms with Crippen molar-refractivity contribution in [2.45, 2.75) is 19.9 Å². The molecular weight excluding hydrogens is 345 g/mol. The number of hydrogen-bond acceptors (Lipinski definition) is 2. The molecule has 0 unspecified atom stereocenters. The fourth-order valence-corrected chi connectivity index (χ4v) is 3.18. The SMILES string of the molecule is COc1cc2c(CC(=O)O)c(C)n(Cc3ccc(Cl)cc3)c2cc1F. The number of halogens is 2. The van der Waals surface area contributed by atoms with E-state index in [4.69, 9.17) is 16.3 Å². The maximum Gasteiger partial charge on any atom is 0.307 e. The van der Waals surface area contributed by atoms with Crippen LogP contribution in [-0.2, 0) is 17.8 Å².